The van der Waals surface area contributed by atoms with Crippen LogP contribution in [0.1, 0.15) is 52.4 Å². The average Bonchev–Trinajstić information content (AvgIpc) is 2.38. The van der Waals surface area contributed by atoms with Gasteiger partial charge in [-0.05, 0) is 51.6 Å². The Morgan fingerprint density at radius 3 is 2.10 bits per heavy atom. The third kappa shape index (κ3) is 5.64. The van der Waals surface area contributed by atoms with Gasteiger partial charge in [-0.2, -0.15) is 8.78 Å². The summed E-state index contributed by atoms with van der Waals surface area (Å²) in [6.07, 6.45) is 5.02. The lowest BCUT2D eigenvalue weighted by Crippen LogP contribution is -2.41. The topological polar surface area (TPSA) is 29.5 Å². The lowest BCUT2D eigenvalue weighted by atomic mass is 9.91. The van der Waals surface area contributed by atoms with Crippen LogP contribution in [-0.2, 0) is 9.53 Å². The van der Waals surface area contributed by atoms with Gasteiger partial charge < -0.3 is 9.64 Å². The maximum Gasteiger partial charge on any atom is 0.396 e. The highest BCUT2D eigenvalue weighted by Crippen LogP contribution is 2.29. The highest BCUT2D eigenvalue weighted by molar-refractivity contribution is 9.10. The Bertz CT molecular complexity index is 296. The van der Waals surface area contributed by atoms with E-state index in [1.165, 1.54) is 0 Å². The Hall–Kier alpha value is -0.230. The number of halogens is 3. The maximum absolute atomic E-state index is 12.7. The van der Waals surface area contributed by atoms with Crippen LogP contribution in [0.4, 0.5) is 8.78 Å². The molecule has 6 heteroatoms. The molecule has 1 saturated carbocycles. The maximum atomic E-state index is 12.7. The summed E-state index contributed by atoms with van der Waals surface area (Å²) in [5, 5.41) is 0. The van der Waals surface area contributed by atoms with Gasteiger partial charge in [-0.1, -0.05) is 13.8 Å². The number of carbonyl (C=O) groups excluding carboxylic acids is 1. The van der Waals surface area contributed by atoms with Crippen LogP contribution in [0.3, 0.4) is 0 Å². The molecule has 20 heavy (non-hydrogen) atoms. The molecule has 1 fully saturated rings. The zero-order valence-corrected chi connectivity index (χ0v) is 13.8. The molecule has 0 aromatic heterocycles. The summed E-state index contributed by atoms with van der Waals surface area (Å²) in [6.45, 7) is 6.47. The third-order valence-electron chi connectivity index (χ3n) is 3.69. The van der Waals surface area contributed by atoms with Gasteiger partial charge >= 0.3 is 10.8 Å². The number of esters is 1. The van der Waals surface area contributed by atoms with Crippen LogP contribution in [0.2, 0.25) is 0 Å². The number of ether oxygens (including phenoxy) is 1. The van der Waals surface area contributed by atoms with E-state index in [9.17, 15) is 13.6 Å². The van der Waals surface area contributed by atoms with Crippen LogP contribution in [0, 0.1) is 0 Å². The van der Waals surface area contributed by atoms with Crippen molar-refractivity contribution in [1.82, 2.24) is 4.90 Å². The fraction of sp³-hybridized carbons (Fsp3) is 0.929. The highest BCUT2D eigenvalue weighted by Gasteiger charge is 2.39. The zero-order chi connectivity index (χ0) is 15.2. The van der Waals surface area contributed by atoms with Gasteiger partial charge in [0.15, 0.2) is 0 Å². The van der Waals surface area contributed by atoms with Crippen molar-refractivity contribution in [3.05, 3.63) is 0 Å². The van der Waals surface area contributed by atoms with Crippen molar-refractivity contribution in [2.24, 2.45) is 0 Å². The summed E-state index contributed by atoms with van der Waals surface area (Å²) in [6, 6.07) is 0.495. The first-order chi connectivity index (χ1) is 9.38. The number of hydrogen-bond acceptors (Lipinski definition) is 3. The predicted octanol–water partition coefficient (Wildman–Crippen LogP) is 3.95. The summed E-state index contributed by atoms with van der Waals surface area (Å²) in [7, 11) is 0. The molecular weight excluding hydrogens is 332 g/mol. The van der Waals surface area contributed by atoms with E-state index in [1.807, 2.05) is 15.9 Å². The minimum absolute atomic E-state index is 0.368. The van der Waals surface area contributed by atoms with Crippen LogP contribution in [0.15, 0.2) is 0 Å². The lowest BCUT2D eigenvalue weighted by molar-refractivity contribution is -0.167. The summed E-state index contributed by atoms with van der Waals surface area (Å²) < 4.78 is 30.3. The molecule has 0 aromatic carbocycles. The first-order valence-electron chi connectivity index (χ1n) is 7.40. The summed E-state index contributed by atoms with van der Waals surface area (Å²) in [5.41, 5.74) is 0. The first-order valence-corrected chi connectivity index (χ1v) is 8.19. The standard InChI is InChI=1S/C14H24BrF2NO2/c1-3-9-18(10-4-2)11-5-7-12(8-6-11)20-13(19)14(15,16)17/h11-12H,3-10H2,1-2H3/t11-,12-. The first kappa shape index (κ1) is 17.8. The summed E-state index contributed by atoms with van der Waals surface area (Å²) >= 11 is 2.03. The van der Waals surface area contributed by atoms with E-state index in [0.717, 1.165) is 38.8 Å². The summed E-state index contributed by atoms with van der Waals surface area (Å²) in [5.74, 6) is -1.47. The molecule has 1 rings (SSSR count). The van der Waals surface area contributed by atoms with Gasteiger partial charge in [-0.15, -0.1) is 0 Å². The zero-order valence-electron chi connectivity index (χ0n) is 12.2. The molecule has 3 nitrogen and oxygen atoms in total. The summed E-state index contributed by atoms with van der Waals surface area (Å²) in [4.78, 5) is 10.0. The number of rotatable bonds is 7. The molecule has 0 saturated heterocycles. The normalized spacial score (nSPS) is 23.9. The number of nitrogens with zero attached hydrogens (tertiary/aromatic N) is 1. The molecule has 0 N–H and O–H groups in total. The molecule has 0 atom stereocenters. The predicted molar refractivity (Wildman–Crippen MR) is 78.2 cm³/mol. The van der Waals surface area contributed by atoms with Crippen molar-refractivity contribution in [3.63, 3.8) is 0 Å². The van der Waals surface area contributed by atoms with Crippen LogP contribution in [0.25, 0.3) is 0 Å². The third-order valence-corrected chi connectivity index (χ3v) is 4.01. The Labute approximate surface area is 128 Å². The molecule has 0 unspecified atom stereocenters. The lowest BCUT2D eigenvalue weighted by Gasteiger charge is -2.36. The largest absolute Gasteiger partial charge is 0.457 e. The van der Waals surface area contributed by atoms with Gasteiger partial charge in [0.05, 0.1) is 0 Å². The highest BCUT2D eigenvalue weighted by atomic mass is 79.9. The molecule has 0 bridgehead atoms. The Morgan fingerprint density at radius 2 is 1.70 bits per heavy atom. The monoisotopic (exact) mass is 355 g/mol. The van der Waals surface area contributed by atoms with Gasteiger partial charge in [-0.25, -0.2) is 4.79 Å². The molecule has 0 heterocycles. The van der Waals surface area contributed by atoms with Crippen molar-refractivity contribution in [3.8, 4) is 0 Å². The molecule has 1 aliphatic rings. The molecule has 0 aromatic rings. The van der Waals surface area contributed by atoms with E-state index in [4.69, 9.17) is 4.74 Å². The minimum Gasteiger partial charge on any atom is -0.457 e. The van der Waals surface area contributed by atoms with E-state index in [1.54, 1.807) is 0 Å². The molecule has 0 aliphatic heterocycles. The molecule has 1 aliphatic carbocycles. The molecular formula is C14H24BrF2NO2. The van der Waals surface area contributed by atoms with E-state index in [-0.39, 0.29) is 6.10 Å². The van der Waals surface area contributed by atoms with Gasteiger partial charge in [-0.3, -0.25) is 0 Å². The Balaban J connectivity index is 2.40. The number of hydrogen-bond donors (Lipinski definition) is 0. The van der Waals surface area contributed by atoms with E-state index in [0.29, 0.717) is 18.9 Å². The van der Waals surface area contributed by atoms with Crippen molar-refractivity contribution in [2.45, 2.75) is 69.4 Å². The average molecular weight is 356 g/mol. The second-order valence-corrected chi connectivity index (χ2v) is 6.37. The van der Waals surface area contributed by atoms with E-state index >= 15 is 0 Å². The van der Waals surface area contributed by atoms with Crippen LogP contribution >= 0.6 is 15.9 Å². The van der Waals surface area contributed by atoms with Gasteiger partial charge in [0, 0.05) is 22.0 Å². The molecule has 0 radical (unpaired) electrons. The minimum atomic E-state index is -3.57. The van der Waals surface area contributed by atoms with Gasteiger partial charge in [0.25, 0.3) is 0 Å². The van der Waals surface area contributed by atoms with Crippen molar-refractivity contribution < 1.29 is 18.3 Å². The number of carbonyl (C=O) groups is 1. The van der Waals surface area contributed by atoms with E-state index in [2.05, 4.69) is 18.7 Å². The van der Waals surface area contributed by atoms with Gasteiger partial charge in [0.1, 0.15) is 6.10 Å². The SMILES string of the molecule is CCCN(CCC)[C@H]1CC[C@H](OC(=O)C(F)(F)Br)CC1. The molecule has 0 spiro atoms. The van der Waals surface area contributed by atoms with Crippen molar-refractivity contribution in [1.29, 1.82) is 0 Å². The second-order valence-electron chi connectivity index (χ2n) is 5.37. The Morgan fingerprint density at radius 1 is 1.20 bits per heavy atom. The molecule has 118 valence electrons. The van der Waals surface area contributed by atoms with Gasteiger partial charge in [0.2, 0.25) is 0 Å². The number of alkyl halides is 3. The van der Waals surface area contributed by atoms with Crippen LogP contribution in [0.5, 0.6) is 0 Å². The van der Waals surface area contributed by atoms with Crippen LogP contribution < -0.4 is 0 Å². The quantitative estimate of drug-likeness (QED) is 0.511. The van der Waals surface area contributed by atoms with E-state index < -0.39 is 10.8 Å². The van der Waals surface area contributed by atoms with Crippen LogP contribution in [-0.4, -0.2) is 40.9 Å². The van der Waals surface area contributed by atoms with Crippen molar-refractivity contribution in [2.75, 3.05) is 13.1 Å². The smallest absolute Gasteiger partial charge is 0.396 e. The fourth-order valence-electron chi connectivity index (χ4n) is 2.80. The van der Waals surface area contributed by atoms with Crippen molar-refractivity contribution >= 4 is 21.9 Å². The second kappa shape index (κ2) is 8.27. The fourth-order valence-corrected chi connectivity index (χ4v) is 2.89. The molecule has 0 amide bonds. The Kier molecular flexibility index (Phi) is 7.37.